The number of alkyl halides is 7. The molecule has 0 amide bonds. The van der Waals surface area contributed by atoms with Gasteiger partial charge in [0.2, 0.25) is 0 Å². The first-order valence-corrected chi connectivity index (χ1v) is 2.88. The average molecular weight is 257 g/mol. The van der Waals surface area contributed by atoms with Gasteiger partial charge in [-0.1, -0.05) is 11.6 Å². The lowest BCUT2D eigenvalue weighted by molar-refractivity contribution is -0.266. The molecule has 0 unspecified atom stereocenters. The second kappa shape index (κ2) is 4.31. The van der Waals surface area contributed by atoms with Crippen molar-refractivity contribution < 1.29 is 36.2 Å². The standard InChI is InChI=1S/C4HClF6O2.Mg.2H/c5-2(1(12)13,3(6,7)8)4(9,10)11;;;/h(H,12,13);;;. The molecule has 2 nitrogen and oxygen atoms in total. The number of carbonyl (C=O) groups is 1. The van der Waals surface area contributed by atoms with Crippen LogP contribution in [0.1, 0.15) is 0 Å². The lowest BCUT2D eigenvalue weighted by atomic mass is 10.1. The second-order valence-electron chi connectivity index (χ2n) is 1.96. The van der Waals surface area contributed by atoms with E-state index in [1.54, 1.807) is 0 Å². The summed E-state index contributed by atoms with van der Waals surface area (Å²) in [6, 6.07) is 0. The van der Waals surface area contributed by atoms with Gasteiger partial charge < -0.3 is 5.11 Å². The Kier molecular flexibility index (Phi) is 5.09. The largest absolute Gasteiger partial charge is 0.479 e. The van der Waals surface area contributed by atoms with Crippen molar-refractivity contribution in [2.45, 2.75) is 17.2 Å². The summed E-state index contributed by atoms with van der Waals surface area (Å²) in [5.74, 6) is -3.20. The number of rotatable bonds is 1. The Balaban J connectivity index is 0. The molecule has 0 rings (SSSR count). The molecule has 0 fully saturated rings. The normalized spacial score (nSPS) is 13.4. The molecule has 0 atom stereocenters. The third-order valence-corrected chi connectivity index (χ3v) is 1.67. The molecule has 0 aliphatic rings. The SMILES string of the molecule is O=C(O)C(Cl)(C(F)(F)F)C(F)(F)F.[MgH2]. The minimum absolute atomic E-state index is 0. The molecule has 14 heavy (non-hydrogen) atoms. The number of carboxylic acid groups (broad SMARTS) is 1. The quantitative estimate of drug-likeness (QED) is 0.436. The molecule has 0 spiro atoms. The van der Waals surface area contributed by atoms with Crippen LogP contribution in [0.25, 0.3) is 0 Å². The molecule has 0 saturated carbocycles. The van der Waals surface area contributed by atoms with E-state index in [2.05, 4.69) is 11.6 Å². The van der Waals surface area contributed by atoms with E-state index < -0.39 is 23.2 Å². The van der Waals surface area contributed by atoms with Crippen LogP contribution in [0.2, 0.25) is 0 Å². The van der Waals surface area contributed by atoms with Crippen LogP contribution in [-0.2, 0) is 4.79 Å². The second-order valence-corrected chi connectivity index (χ2v) is 2.53. The third-order valence-electron chi connectivity index (χ3n) is 1.08. The lowest BCUT2D eigenvalue weighted by Gasteiger charge is -2.26. The van der Waals surface area contributed by atoms with E-state index in [4.69, 9.17) is 5.11 Å². The summed E-state index contributed by atoms with van der Waals surface area (Å²) in [6.07, 6.45) is -12.2. The van der Waals surface area contributed by atoms with E-state index in [0.29, 0.717) is 0 Å². The fraction of sp³-hybridized carbons (Fsp3) is 0.750. The summed E-state index contributed by atoms with van der Waals surface area (Å²) >= 11 is 3.98. The molecule has 0 radical (unpaired) electrons. The van der Waals surface area contributed by atoms with E-state index in [-0.39, 0.29) is 23.1 Å². The molecular formula is C4H3ClF6MgO2. The molecule has 0 bridgehead atoms. The van der Waals surface area contributed by atoms with Crippen LogP contribution in [-0.4, -0.2) is 51.4 Å². The summed E-state index contributed by atoms with van der Waals surface area (Å²) in [5.41, 5.74) is 0. The zero-order chi connectivity index (χ0) is 11.1. The van der Waals surface area contributed by atoms with Crippen molar-refractivity contribution in [1.29, 1.82) is 0 Å². The fourth-order valence-corrected chi connectivity index (χ4v) is 0.403. The van der Waals surface area contributed by atoms with Crippen LogP contribution in [0.3, 0.4) is 0 Å². The molecule has 0 aromatic rings. The Labute approximate surface area is 94.4 Å². The number of hydrogen-bond acceptors (Lipinski definition) is 1. The molecule has 0 aliphatic heterocycles. The van der Waals surface area contributed by atoms with Crippen LogP contribution in [0.4, 0.5) is 26.3 Å². The van der Waals surface area contributed by atoms with E-state index in [0.717, 1.165) is 0 Å². The van der Waals surface area contributed by atoms with Crippen LogP contribution >= 0.6 is 11.6 Å². The van der Waals surface area contributed by atoms with Crippen LogP contribution < -0.4 is 0 Å². The van der Waals surface area contributed by atoms with Crippen molar-refractivity contribution in [3.05, 3.63) is 0 Å². The van der Waals surface area contributed by atoms with Gasteiger partial charge in [-0.25, -0.2) is 4.79 Å². The van der Waals surface area contributed by atoms with Crippen molar-refractivity contribution >= 4 is 40.6 Å². The van der Waals surface area contributed by atoms with Gasteiger partial charge in [0.05, 0.1) is 0 Å². The summed E-state index contributed by atoms with van der Waals surface area (Å²) < 4.78 is 69.7. The van der Waals surface area contributed by atoms with E-state index in [9.17, 15) is 31.1 Å². The molecule has 10 heteroatoms. The minimum Gasteiger partial charge on any atom is -0.479 e. The topological polar surface area (TPSA) is 37.3 Å². The summed E-state index contributed by atoms with van der Waals surface area (Å²) in [4.78, 5) is 4.51. The first kappa shape index (κ1) is 16.5. The highest BCUT2D eigenvalue weighted by Gasteiger charge is 2.75. The monoisotopic (exact) mass is 256 g/mol. The van der Waals surface area contributed by atoms with E-state index in [1.165, 1.54) is 0 Å². The number of carboxylic acids is 1. The molecule has 0 aromatic carbocycles. The highest BCUT2D eigenvalue weighted by Crippen LogP contribution is 2.48. The van der Waals surface area contributed by atoms with Crippen molar-refractivity contribution in [2.24, 2.45) is 0 Å². The van der Waals surface area contributed by atoms with Gasteiger partial charge in [-0.2, -0.15) is 26.3 Å². The van der Waals surface area contributed by atoms with Crippen molar-refractivity contribution in [1.82, 2.24) is 0 Å². The Bertz CT molecular complexity index is 209. The van der Waals surface area contributed by atoms with Gasteiger partial charge in [-0.15, -0.1) is 0 Å². The van der Waals surface area contributed by atoms with Crippen molar-refractivity contribution in [3.63, 3.8) is 0 Å². The van der Waals surface area contributed by atoms with Gasteiger partial charge in [0.1, 0.15) is 0 Å². The number of halogens is 7. The molecular weight excluding hydrogens is 254 g/mol. The average Bonchev–Trinajstić information content (AvgIpc) is 1.80. The lowest BCUT2D eigenvalue weighted by Crippen LogP contribution is -2.57. The zero-order valence-electron chi connectivity index (χ0n) is 5.50. The van der Waals surface area contributed by atoms with Crippen LogP contribution in [0.5, 0.6) is 0 Å². The van der Waals surface area contributed by atoms with Crippen LogP contribution in [0, 0.1) is 0 Å². The molecule has 0 aromatic heterocycles. The smallest absolute Gasteiger partial charge is 0.427 e. The number of aliphatic carboxylic acids is 1. The maximum Gasteiger partial charge on any atom is 0.427 e. The van der Waals surface area contributed by atoms with Crippen LogP contribution in [0.15, 0.2) is 0 Å². The predicted octanol–water partition coefficient (Wildman–Crippen LogP) is 1.26. The predicted molar refractivity (Wildman–Crippen MR) is 36.9 cm³/mol. The Morgan fingerprint density at radius 1 is 1.00 bits per heavy atom. The Morgan fingerprint density at radius 2 is 1.21 bits per heavy atom. The van der Waals surface area contributed by atoms with Gasteiger partial charge in [0.15, 0.2) is 0 Å². The highest BCUT2D eigenvalue weighted by atomic mass is 35.5. The summed E-state index contributed by atoms with van der Waals surface area (Å²) in [7, 11) is 0. The fourth-order valence-electron chi connectivity index (χ4n) is 0.403. The molecule has 82 valence electrons. The molecule has 1 N–H and O–H groups in total. The maximum absolute atomic E-state index is 11.6. The Hall–Kier alpha value is 0.106. The third kappa shape index (κ3) is 2.57. The van der Waals surface area contributed by atoms with Gasteiger partial charge >= 0.3 is 46.2 Å². The maximum atomic E-state index is 11.6. The molecule has 0 aliphatic carbocycles. The van der Waals surface area contributed by atoms with E-state index in [1.807, 2.05) is 0 Å². The van der Waals surface area contributed by atoms with Gasteiger partial charge in [-0.05, 0) is 0 Å². The highest BCUT2D eigenvalue weighted by molar-refractivity contribution is 6.35. The van der Waals surface area contributed by atoms with E-state index >= 15 is 0 Å². The summed E-state index contributed by atoms with van der Waals surface area (Å²) in [5, 5.41) is 7.73. The molecule has 0 saturated heterocycles. The molecule has 0 heterocycles. The Morgan fingerprint density at radius 3 is 1.21 bits per heavy atom. The van der Waals surface area contributed by atoms with Gasteiger partial charge in [0.25, 0.3) is 0 Å². The minimum atomic E-state index is -6.10. The number of hydrogen-bond donors (Lipinski definition) is 1. The zero-order valence-corrected chi connectivity index (χ0v) is 6.26. The van der Waals surface area contributed by atoms with Crippen molar-refractivity contribution in [2.75, 3.05) is 0 Å². The first-order chi connectivity index (χ1) is 5.44. The summed E-state index contributed by atoms with van der Waals surface area (Å²) in [6.45, 7) is 0. The van der Waals surface area contributed by atoms with Gasteiger partial charge in [-0.3, -0.25) is 0 Å². The van der Waals surface area contributed by atoms with Crippen molar-refractivity contribution in [3.8, 4) is 0 Å². The first-order valence-electron chi connectivity index (χ1n) is 2.50. The van der Waals surface area contributed by atoms with Gasteiger partial charge in [0, 0.05) is 0 Å².